The van der Waals surface area contributed by atoms with Crippen LogP contribution in [-0.2, 0) is 0 Å². The van der Waals surface area contributed by atoms with E-state index in [0.29, 0.717) is 5.56 Å². The summed E-state index contributed by atoms with van der Waals surface area (Å²) < 4.78 is 1.76. The maximum absolute atomic E-state index is 9.80. The van der Waals surface area contributed by atoms with Gasteiger partial charge in [-0.05, 0) is 39.0 Å². The lowest BCUT2D eigenvalue weighted by molar-refractivity contribution is 0.199. The van der Waals surface area contributed by atoms with Crippen molar-refractivity contribution in [3.63, 3.8) is 0 Å². The third-order valence-electron chi connectivity index (χ3n) is 2.85. The molecule has 4 heteroatoms. The normalized spacial score (nSPS) is 12.2. The predicted octanol–water partition coefficient (Wildman–Crippen LogP) is 2.41. The van der Waals surface area contributed by atoms with Gasteiger partial charge in [0.25, 0.3) is 0 Å². The molecule has 4 nitrogen and oxygen atoms in total. The van der Waals surface area contributed by atoms with E-state index < -0.39 is 6.10 Å². The average Bonchev–Trinajstić information content (AvgIpc) is 2.67. The number of nitriles is 1. The van der Waals surface area contributed by atoms with Gasteiger partial charge < -0.3 is 5.11 Å². The molecule has 0 bridgehead atoms. The number of aryl methyl sites for hydroxylation is 2. The number of nitrogens with zero attached hydrogens (tertiary/aromatic N) is 3. The van der Waals surface area contributed by atoms with Crippen LogP contribution in [0, 0.1) is 25.2 Å². The van der Waals surface area contributed by atoms with Gasteiger partial charge in [0.1, 0.15) is 0 Å². The molecule has 0 aliphatic heterocycles. The van der Waals surface area contributed by atoms with Crippen molar-refractivity contribution >= 4 is 0 Å². The van der Waals surface area contributed by atoms with E-state index in [9.17, 15) is 5.11 Å². The first-order valence-corrected chi connectivity index (χ1v) is 5.78. The molecular formula is C14H15N3O. The second-order valence-electron chi connectivity index (χ2n) is 4.40. The molecule has 0 fully saturated rings. The quantitative estimate of drug-likeness (QED) is 0.878. The van der Waals surface area contributed by atoms with E-state index in [0.717, 1.165) is 22.6 Å². The molecule has 1 N–H and O–H groups in total. The highest BCUT2D eigenvalue weighted by Crippen LogP contribution is 2.24. The number of aliphatic hydroxyl groups is 1. The Morgan fingerprint density at radius 3 is 2.56 bits per heavy atom. The largest absolute Gasteiger partial charge is 0.389 e. The minimum atomic E-state index is -0.600. The van der Waals surface area contributed by atoms with Gasteiger partial charge in [0, 0.05) is 11.3 Å². The summed E-state index contributed by atoms with van der Waals surface area (Å²) in [5, 5.41) is 23.2. The minimum Gasteiger partial charge on any atom is -0.389 e. The van der Waals surface area contributed by atoms with Crippen LogP contribution >= 0.6 is 0 Å². The second kappa shape index (κ2) is 4.63. The molecule has 0 aliphatic rings. The lowest BCUT2D eigenvalue weighted by atomic mass is 10.1. The molecule has 0 radical (unpaired) electrons. The molecule has 0 spiro atoms. The van der Waals surface area contributed by atoms with Crippen molar-refractivity contribution in [3.05, 3.63) is 46.8 Å². The van der Waals surface area contributed by atoms with Crippen LogP contribution in [-0.4, -0.2) is 14.9 Å². The van der Waals surface area contributed by atoms with Crippen molar-refractivity contribution in [3.8, 4) is 11.8 Å². The molecule has 0 saturated carbocycles. The predicted molar refractivity (Wildman–Crippen MR) is 68.4 cm³/mol. The standard InChI is InChI=1S/C14H15N3O/c1-9-6-10(2)17(16-9)14-7-12(8-15)4-5-13(14)11(3)18/h4-7,11,18H,1-3H3/t11-/m0/s1. The highest BCUT2D eigenvalue weighted by molar-refractivity contribution is 5.49. The zero-order valence-electron chi connectivity index (χ0n) is 10.7. The maximum atomic E-state index is 9.80. The van der Waals surface area contributed by atoms with Gasteiger partial charge in [-0.2, -0.15) is 10.4 Å². The monoisotopic (exact) mass is 241 g/mol. The summed E-state index contributed by atoms with van der Waals surface area (Å²) in [7, 11) is 0. The third-order valence-corrected chi connectivity index (χ3v) is 2.85. The van der Waals surface area contributed by atoms with Crippen LogP contribution in [0.25, 0.3) is 5.69 Å². The van der Waals surface area contributed by atoms with E-state index >= 15 is 0 Å². The fraction of sp³-hybridized carbons (Fsp3) is 0.286. The number of aromatic nitrogens is 2. The topological polar surface area (TPSA) is 61.8 Å². The van der Waals surface area contributed by atoms with Crippen LogP contribution in [0.5, 0.6) is 0 Å². The van der Waals surface area contributed by atoms with Crippen molar-refractivity contribution in [2.75, 3.05) is 0 Å². The zero-order chi connectivity index (χ0) is 13.3. The van der Waals surface area contributed by atoms with Gasteiger partial charge >= 0.3 is 0 Å². The van der Waals surface area contributed by atoms with Crippen LogP contribution in [0.15, 0.2) is 24.3 Å². The van der Waals surface area contributed by atoms with E-state index in [1.165, 1.54) is 0 Å². The zero-order valence-corrected chi connectivity index (χ0v) is 10.7. The summed E-state index contributed by atoms with van der Waals surface area (Å²) >= 11 is 0. The average molecular weight is 241 g/mol. The van der Waals surface area contributed by atoms with E-state index in [2.05, 4.69) is 11.2 Å². The molecule has 18 heavy (non-hydrogen) atoms. The number of rotatable bonds is 2. The molecule has 1 atom stereocenters. The Hall–Kier alpha value is -2.12. The Balaban J connectivity index is 2.68. The van der Waals surface area contributed by atoms with E-state index in [1.54, 1.807) is 29.8 Å². The van der Waals surface area contributed by atoms with E-state index in [1.807, 2.05) is 19.9 Å². The summed E-state index contributed by atoms with van der Waals surface area (Å²) in [6.45, 7) is 5.57. The van der Waals surface area contributed by atoms with E-state index in [4.69, 9.17) is 5.26 Å². The minimum absolute atomic E-state index is 0.557. The molecule has 0 amide bonds. The molecular weight excluding hydrogens is 226 g/mol. The molecule has 0 aliphatic carbocycles. The Kier molecular flexibility index (Phi) is 3.17. The Bertz CT molecular complexity index is 620. The Morgan fingerprint density at radius 2 is 2.06 bits per heavy atom. The number of benzene rings is 1. The Labute approximate surface area is 106 Å². The number of aliphatic hydroxyl groups excluding tert-OH is 1. The molecule has 1 aromatic heterocycles. The van der Waals surface area contributed by atoms with Crippen LogP contribution in [0.4, 0.5) is 0 Å². The lowest BCUT2D eigenvalue weighted by Crippen LogP contribution is -2.06. The van der Waals surface area contributed by atoms with Gasteiger partial charge in [0.05, 0.1) is 29.1 Å². The molecule has 92 valence electrons. The fourth-order valence-corrected chi connectivity index (χ4v) is 2.02. The van der Waals surface area contributed by atoms with E-state index in [-0.39, 0.29) is 0 Å². The second-order valence-corrected chi connectivity index (χ2v) is 4.40. The first kappa shape index (κ1) is 12.3. The summed E-state index contributed by atoms with van der Waals surface area (Å²) in [6.07, 6.45) is -0.600. The van der Waals surface area contributed by atoms with Gasteiger partial charge in [-0.15, -0.1) is 0 Å². The molecule has 0 saturated heterocycles. The van der Waals surface area contributed by atoms with Crippen LogP contribution in [0.2, 0.25) is 0 Å². The van der Waals surface area contributed by atoms with Crippen molar-refractivity contribution in [2.24, 2.45) is 0 Å². The summed E-state index contributed by atoms with van der Waals surface area (Å²) in [5.74, 6) is 0. The maximum Gasteiger partial charge on any atom is 0.0992 e. The number of hydrogen-bond acceptors (Lipinski definition) is 3. The van der Waals surface area contributed by atoms with Gasteiger partial charge in [-0.1, -0.05) is 6.07 Å². The van der Waals surface area contributed by atoms with Crippen molar-refractivity contribution in [2.45, 2.75) is 26.9 Å². The lowest BCUT2D eigenvalue weighted by Gasteiger charge is -2.13. The highest BCUT2D eigenvalue weighted by Gasteiger charge is 2.13. The van der Waals surface area contributed by atoms with Gasteiger partial charge in [-0.25, -0.2) is 4.68 Å². The molecule has 1 aromatic carbocycles. The van der Waals surface area contributed by atoms with Gasteiger partial charge in [0.15, 0.2) is 0 Å². The first-order valence-electron chi connectivity index (χ1n) is 5.78. The van der Waals surface area contributed by atoms with Crippen LogP contribution in [0.1, 0.15) is 35.5 Å². The van der Waals surface area contributed by atoms with Gasteiger partial charge in [0.2, 0.25) is 0 Å². The molecule has 2 aromatic rings. The number of hydrogen-bond donors (Lipinski definition) is 1. The summed E-state index contributed by atoms with van der Waals surface area (Å²) in [6, 6.07) is 9.30. The smallest absolute Gasteiger partial charge is 0.0992 e. The summed E-state index contributed by atoms with van der Waals surface area (Å²) in [4.78, 5) is 0. The van der Waals surface area contributed by atoms with Crippen molar-refractivity contribution < 1.29 is 5.11 Å². The fourth-order valence-electron chi connectivity index (χ4n) is 2.02. The highest BCUT2D eigenvalue weighted by atomic mass is 16.3. The SMILES string of the molecule is Cc1cc(C)n(-c2cc(C#N)ccc2[C@H](C)O)n1. The third kappa shape index (κ3) is 2.13. The molecule has 1 heterocycles. The van der Waals surface area contributed by atoms with Crippen LogP contribution < -0.4 is 0 Å². The molecule has 0 unspecified atom stereocenters. The van der Waals surface area contributed by atoms with Crippen molar-refractivity contribution in [1.29, 1.82) is 5.26 Å². The van der Waals surface area contributed by atoms with Crippen LogP contribution in [0.3, 0.4) is 0 Å². The van der Waals surface area contributed by atoms with Gasteiger partial charge in [-0.3, -0.25) is 0 Å². The summed E-state index contributed by atoms with van der Waals surface area (Å²) in [5.41, 5.74) is 3.97. The first-order chi connectivity index (χ1) is 8.52. The molecule has 2 rings (SSSR count). The Morgan fingerprint density at radius 1 is 1.33 bits per heavy atom. The van der Waals surface area contributed by atoms with Crippen molar-refractivity contribution in [1.82, 2.24) is 9.78 Å².